The molecule has 0 spiro atoms. The minimum absolute atomic E-state index is 0.130. The fourth-order valence-corrected chi connectivity index (χ4v) is 4.75. The number of carbonyl (C=O) groups excluding carboxylic acids is 1. The quantitative estimate of drug-likeness (QED) is 0.217. The molecule has 7 nitrogen and oxygen atoms in total. The average molecular weight is 588 g/mol. The summed E-state index contributed by atoms with van der Waals surface area (Å²) in [4.78, 5) is 20.1. The van der Waals surface area contributed by atoms with Gasteiger partial charge in [0.05, 0.1) is 0 Å². The van der Waals surface area contributed by atoms with Gasteiger partial charge < -0.3 is 24.0 Å². The summed E-state index contributed by atoms with van der Waals surface area (Å²) < 4.78 is 48.5. The maximum Gasteiger partial charge on any atom is 0.410 e. The molecule has 1 amide bonds. The Morgan fingerprint density at radius 1 is 0.791 bits per heavy atom. The minimum Gasteiger partial charge on any atom is -0.473 e. The zero-order valence-corrected chi connectivity index (χ0v) is 24.6. The summed E-state index contributed by atoms with van der Waals surface area (Å²) in [5.74, 6) is -0.888. The van der Waals surface area contributed by atoms with Gasteiger partial charge in [-0.25, -0.2) is 13.6 Å². The highest BCUT2D eigenvalue weighted by Crippen LogP contribution is 2.36. The number of nitrogens with zero attached hydrogens (tertiary/aromatic N) is 3. The highest BCUT2D eigenvalue weighted by Gasteiger charge is 2.28. The van der Waals surface area contributed by atoms with Crippen molar-refractivity contribution in [3.63, 3.8) is 0 Å². The Bertz CT molecular complexity index is 1510. The van der Waals surface area contributed by atoms with E-state index in [9.17, 15) is 4.79 Å². The maximum absolute atomic E-state index is 15.6. The van der Waals surface area contributed by atoms with Crippen molar-refractivity contribution >= 4 is 11.8 Å². The summed E-state index contributed by atoms with van der Waals surface area (Å²) >= 11 is 0. The lowest BCUT2D eigenvalue weighted by molar-refractivity contribution is 0.0240. The Labute approximate surface area is 250 Å². The zero-order chi connectivity index (χ0) is 30.4. The topological polar surface area (TPSA) is 64.1 Å². The standard InChI is InChI=1S/C34H35F2N3O4/c1-34(2,3)43-33(40)39-18-16-38(17-19-39)31-28(35)20-26(21-29(31)36)27-14-15-30(41-22-24-10-6-4-7-11-24)37-32(27)42-23-25-12-8-5-9-13-25/h4-15,20-21H,16-19,22-23H2,1-3H3. The molecule has 0 unspecified atom stereocenters. The zero-order valence-electron chi connectivity index (χ0n) is 24.6. The lowest BCUT2D eigenvalue weighted by Gasteiger charge is -2.37. The largest absolute Gasteiger partial charge is 0.473 e. The maximum atomic E-state index is 15.6. The minimum atomic E-state index is -0.709. The van der Waals surface area contributed by atoms with E-state index in [4.69, 9.17) is 14.2 Å². The molecule has 1 aliphatic rings. The Balaban J connectivity index is 1.36. The second-order valence-electron chi connectivity index (χ2n) is 11.3. The van der Waals surface area contributed by atoms with Gasteiger partial charge in [0.2, 0.25) is 11.8 Å². The van der Waals surface area contributed by atoms with Crippen LogP contribution in [0.15, 0.2) is 84.9 Å². The molecule has 0 aliphatic carbocycles. The molecule has 4 aromatic rings. The van der Waals surface area contributed by atoms with E-state index in [1.165, 1.54) is 12.1 Å². The van der Waals surface area contributed by atoms with Crippen LogP contribution in [0.25, 0.3) is 11.1 Å². The van der Waals surface area contributed by atoms with E-state index in [1.807, 2.05) is 60.7 Å². The van der Waals surface area contributed by atoms with Crippen molar-refractivity contribution in [1.82, 2.24) is 9.88 Å². The second kappa shape index (κ2) is 13.1. The van der Waals surface area contributed by atoms with Gasteiger partial charge in [0.1, 0.15) is 36.1 Å². The van der Waals surface area contributed by atoms with Crippen LogP contribution in [0, 0.1) is 11.6 Å². The van der Waals surface area contributed by atoms with Gasteiger partial charge in [0.15, 0.2) is 0 Å². The summed E-state index contributed by atoms with van der Waals surface area (Å²) in [7, 11) is 0. The number of rotatable bonds is 8. The third-order valence-corrected chi connectivity index (χ3v) is 6.86. The van der Waals surface area contributed by atoms with Crippen LogP contribution in [0.2, 0.25) is 0 Å². The van der Waals surface area contributed by atoms with Crippen LogP contribution < -0.4 is 14.4 Å². The lowest BCUT2D eigenvalue weighted by atomic mass is 10.0. The van der Waals surface area contributed by atoms with E-state index in [0.29, 0.717) is 31.1 Å². The molecule has 0 saturated carbocycles. The third kappa shape index (κ3) is 7.80. The highest BCUT2D eigenvalue weighted by atomic mass is 19.1. The summed E-state index contributed by atoms with van der Waals surface area (Å²) in [6.07, 6.45) is -0.435. The Morgan fingerprint density at radius 3 is 1.91 bits per heavy atom. The van der Waals surface area contributed by atoms with Gasteiger partial charge in [-0.15, -0.1) is 0 Å². The van der Waals surface area contributed by atoms with E-state index in [1.54, 1.807) is 42.7 Å². The van der Waals surface area contributed by atoms with E-state index >= 15 is 8.78 Å². The van der Waals surface area contributed by atoms with Gasteiger partial charge in [-0.1, -0.05) is 60.7 Å². The lowest BCUT2D eigenvalue weighted by Crippen LogP contribution is -2.50. The molecule has 0 atom stereocenters. The molecule has 3 aromatic carbocycles. The monoisotopic (exact) mass is 587 g/mol. The number of benzene rings is 3. The van der Waals surface area contributed by atoms with Crippen molar-refractivity contribution in [3.8, 4) is 22.9 Å². The molecule has 2 heterocycles. The van der Waals surface area contributed by atoms with Crippen molar-refractivity contribution in [2.45, 2.75) is 39.6 Å². The van der Waals surface area contributed by atoms with Gasteiger partial charge in [-0.05, 0) is 55.7 Å². The van der Waals surface area contributed by atoms with Crippen molar-refractivity contribution in [2.24, 2.45) is 0 Å². The van der Waals surface area contributed by atoms with Crippen LogP contribution >= 0.6 is 0 Å². The van der Waals surface area contributed by atoms with Crippen LogP contribution in [0.5, 0.6) is 11.8 Å². The van der Waals surface area contributed by atoms with Crippen molar-refractivity contribution < 1.29 is 27.8 Å². The molecule has 43 heavy (non-hydrogen) atoms. The van der Waals surface area contributed by atoms with Crippen LogP contribution in [0.4, 0.5) is 19.3 Å². The first-order chi connectivity index (χ1) is 20.7. The first-order valence-corrected chi connectivity index (χ1v) is 14.2. The number of amides is 1. The molecule has 0 N–H and O–H groups in total. The van der Waals surface area contributed by atoms with Crippen LogP contribution in [0.3, 0.4) is 0 Å². The number of pyridine rings is 1. The molecule has 1 aliphatic heterocycles. The fraction of sp³-hybridized carbons (Fsp3) is 0.294. The van der Waals surface area contributed by atoms with Crippen LogP contribution in [0.1, 0.15) is 31.9 Å². The summed E-state index contributed by atoms with van der Waals surface area (Å²) in [6.45, 7) is 7.05. The molecule has 0 bridgehead atoms. The molecule has 1 aromatic heterocycles. The fourth-order valence-electron chi connectivity index (χ4n) is 4.75. The Hall–Kier alpha value is -4.66. The number of aromatic nitrogens is 1. The number of halogens is 2. The van der Waals surface area contributed by atoms with Crippen LogP contribution in [-0.2, 0) is 18.0 Å². The second-order valence-corrected chi connectivity index (χ2v) is 11.3. The van der Waals surface area contributed by atoms with Gasteiger partial charge in [0.25, 0.3) is 0 Å². The predicted octanol–water partition coefficient (Wildman–Crippen LogP) is 7.24. The van der Waals surface area contributed by atoms with E-state index < -0.39 is 23.3 Å². The van der Waals surface area contributed by atoms with Crippen molar-refractivity contribution in [2.75, 3.05) is 31.1 Å². The third-order valence-electron chi connectivity index (χ3n) is 6.86. The van der Waals surface area contributed by atoms with E-state index in [2.05, 4.69) is 4.98 Å². The number of ether oxygens (including phenoxy) is 3. The van der Waals surface area contributed by atoms with Gasteiger partial charge in [-0.2, -0.15) is 4.98 Å². The molecule has 1 fully saturated rings. The van der Waals surface area contributed by atoms with Gasteiger partial charge in [-0.3, -0.25) is 0 Å². The summed E-state index contributed by atoms with van der Waals surface area (Å²) in [5.41, 5.74) is 1.87. The first kappa shape index (κ1) is 29.8. The normalized spacial score (nSPS) is 13.5. The molecule has 9 heteroatoms. The number of carbonyl (C=O) groups is 1. The number of anilines is 1. The average Bonchev–Trinajstić information content (AvgIpc) is 2.99. The van der Waals surface area contributed by atoms with E-state index in [0.717, 1.165) is 11.1 Å². The van der Waals surface area contributed by atoms with Crippen molar-refractivity contribution in [1.29, 1.82) is 0 Å². The Kier molecular flexibility index (Phi) is 9.09. The van der Waals surface area contributed by atoms with E-state index in [-0.39, 0.29) is 36.8 Å². The molecule has 5 rings (SSSR count). The summed E-state index contributed by atoms with van der Waals surface area (Å²) in [5, 5.41) is 0. The highest BCUT2D eigenvalue weighted by molar-refractivity contribution is 5.72. The van der Waals surface area contributed by atoms with Gasteiger partial charge >= 0.3 is 6.09 Å². The van der Waals surface area contributed by atoms with Crippen LogP contribution in [-0.4, -0.2) is 47.8 Å². The predicted molar refractivity (Wildman–Crippen MR) is 161 cm³/mol. The number of piperazine rings is 1. The summed E-state index contributed by atoms with van der Waals surface area (Å²) in [6, 6.07) is 25.2. The molecule has 1 saturated heterocycles. The number of hydrogen-bond acceptors (Lipinski definition) is 6. The Morgan fingerprint density at radius 2 is 1.35 bits per heavy atom. The first-order valence-electron chi connectivity index (χ1n) is 14.2. The SMILES string of the molecule is CC(C)(C)OC(=O)N1CCN(c2c(F)cc(-c3ccc(OCc4ccccc4)nc3OCc3ccccc3)cc2F)CC1. The molecule has 0 radical (unpaired) electrons. The van der Waals surface area contributed by atoms with Gasteiger partial charge in [0, 0.05) is 37.8 Å². The molecular weight excluding hydrogens is 552 g/mol. The number of hydrogen-bond donors (Lipinski definition) is 0. The smallest absolute Gasteiger partial charge is 0.410 e. The molecule has 224 valence electrons. The van der Waals surface area contributed by atoms with Crippen molar-refractivity contribution in [3.05, 3.63) is 108 Å². The molecular formula is C34H35F2N3O4.